The Labute approximate surface area is 59.8 Å². The fraction of sp³-hybridized carbons (Fsp3) is 0.429. The predicted molar refractivity (Wildman–Crippen MR) is 41.3 cm³/mol. The van der Waals surface area contributed by atoms with Crippen molar-refractivity contribution in [3.05, 3.63) is 23.6 Å². The average molecular weight is 142 g/mol. The highest BCUT2D eigenvalue weighted by Gasteiger charge is 2.02. The van der Waals surface area contributed by atoms with Gasteiger partial charge in [0.05, 0.1) is 0 Å². The Kier molecular flexibility index (Phi) is 2.87. The standard InChI is InChI=1S/C7H10OS/c1-2-8-7-5-3-4-6-9-7/h3-7H,2H2,1H3. The second-order valence-corrected chi connectivity index (χ2v) is 2.68. The van der Waals surface area contributed by atoms with Crippen molar-refractivity contribution >= 4 is 11.8 Å². The van der Waals surface area contributed by atoms with E-state index in [0.717, 1.165) is 6.61 Å². The van der Waals surface area contributed by atoms with Gasteiger partial charge in [-0.3, -0.25) is 0 Å². The van der Waals surface area contributed by atoms with Gasteiger partial charge in [0.2, 0.25) is 0 Å². The average Bonchev–Trinajstić information content (AvgIpc) is 1.91. The highest BCUT2D eigenvalue weighted by molar-refractivity contribution is 8.02. The molecule has 0 radical (unpaired) electrons. The van der Waals surface area contributed by atoms with Crippen LogP contribution >= 0.6 is 11.8 Å². The van der Waals surface area contributed by atoms with Crippen LogP contribution in [0.4, 0.5) is 0 Å². The van der Waals surface area contributed by atoms with Crippen molar-refractivity contribution < 1.29 is 4.74 Å². The molecule has 9 heavy (non-hydrogen) atoms. The monoisotopic (exact) mass is 142 g/mol. The van der Waals surface area contributed by atoms with Crippen molar-refractivity contribution in [1.29, 1.82) is 0 Å². The van der Waals surface area contributed by atoms with Crippen LogP contribution in [0.25, 0.3) is 0 Å². The van der Waals surface area contributed by atoms with Crippen LogP contribution in [0.2, 0.25) is 0 Å². The lowest BCUT2D eigenvalue weighted by molar-refractivity contribution is 0.154. The maximum atomic E-state index is 5.31. The van der Waals surface area contributed by atoms with E-state index in [0.29, 0.717) is 0 Å². The first-order valence-corrected chi connectivity index (χ1v) is 3.98. The SMILES string of the molecule is CCOC1C=CC=CS1. The van der Waals surface area contributed by atoms with Crippen LogP contribution in [0.3, 0.4) is 0 Å². The van der Waals surface area contributed by atoms with Gasteiger partial charge in [-0.25, -0.2) is 0 Å². The molecule has 0 saturated carbocycles. The topological polar surface area (TPSA) is 9.23 Å². The Morgan fingerprint density at radius 3 is 3.00 bits per heavy atom. The molecule has 0 saturated heterocycles. The molecule has 1 atom stereocenters. The fourth-order valence-electron chi connectivity index (χ4n) is 0.627. The van der Waals surface area contributed by atoms with Crippen LogP contribution in [0.15, 0.2) is 23.6 Å². The van der Waals surface area contributed by atoms with E-state index < -0.39 is 0 Å². The van der Waals surface area contributed by atoms with E-state index in [1.807, 2.05) is 30.6 Å². The van der Waals surface area contributed by atoms with Gasteiger partial charge in [0.25, 0.3) is 0 Å². The van der Waals surface area contributed by atoms with Crippen molar-refractivity contribution in [2.45, 2.75) is 12.4 Å². The van der Waals surface area contributed by atoms with Crippen molar-refractivity contribution in [2.75, 3.05) is 6.61 Å². The molecule has 1 unspecified atom stereocenters. The number of allylic oxidation sites excluding steroid dienone is 2. The Hall–Kier alpha value is -0.210. The molecule has 0 aromatic heterocycles. The van der Waals surface area contributed by atoms with Crippen molar-refractivity contribution in [2.24, 2.45) is 0 Å². The molecular formula is C7H10OS. The first-order chi connectivity index (χ1) is 4.43. The van der Waals surface area contributed by atoms with Crippen molar-refractivity contribution in [3.63, 3.8) is 0 Å². The van der Waals surface area contributed by atoms with E-state index in [1.165, 1.54) is 0 Å². The molecule has 2 heteroatoms. The molecule has 0 spiro atoms. The summed E-state index contributed by atoms with van der Waals surface area (Å²) in [6.07, 6.45) is 6.07. The summed E-state index contributed by atoms with van der Waals surface area (Å²) in [5.41, 5.74) is 0.250. The summed E-state index contributed by atoms with van der Waals surface area (Å²) in [4.78, 5) is 0. The fourth-order valence-corrected chi connectivity index (χ4v) is 1.36. The second-order valence-electron chi connectivity index (χ2n) is 1.67. The largest absolute Gasteiger partial charge is 0.363 e. The molecule has 1 nitrogen and oxygen atoms in total. The van der Waals surface area contributed by atoms with Crippen LogP contribution in [-0.4, -0.2) is 12.0 Å². The Balaban J connectivity index is 2.28. The highest BCUT2D eigenvalue weighted by Crippen LogP contribution is 2.18. The summed E-state index contributed by atoms with van der Waals surface area (Å²) in [6.45, 7) is 2.79. The lowest BCUT2D eigenvalue weighted by Crippen LogP contribution is -2.04. The zero-order chi connectivity index (χ0) is 6.53. The molecule has 0 bridgehead atoms. The molecular weight excluding hydrogens is 132 g/mol. The number of thioether (sulfide) groups is 1. The third kappa shape index (κ3) is 2.24. The van der Waals surface area contributed by atoms with E-state index in [4.69, 9.17) is 4.74 Å². The van der Waals surface area contributed by atoms with Crippen molar-refractivity contribution in [3.8, 4) is 0 Å². The maximum Gasteiger partial charge on any atom is 0.125 e. The predicted octanol–water partition coefficient (Wildman–Crippen LogP) is 2.17. The molecule has 0 fully saturated rings. The molecule has 0 N–H and O–H groups in total. The van der Waals surface area contributed by atoms with Crippen LogP contribution in [0.1, 0.15) is 6.92 Å². The van der Waals surface area contributed by atoms with E-state index in [1.54, 1.807) is 11.8 Å². The van der Waals surface area contributed by atoms with Crippen LogP contribution in [-0.2, 0) is 4.74 Å². The molecule has 0 aliphatic carbocycles. The molecule has 1 aliphatic heterocycles. The quantitative estimate of drug-likeness (QED) is 0.584. The van der Waals surface area contributed by atoms with Crippen LogP contribution < -0.4 is 0 Å². The molecule has 50 valence electrons. The van der Waals surface area contributed by atoms with Gasteiger partial charge in [-0.2, -0.15) is 0 Å². The summed E-state index contributed by atoms with van der Waals surface area (Å²) in [5.74, 6) is 0. The van der Waals surface area contributed by atoms with Gasteiger partial charge in [-0.15, -0.1) is 0 Å². The zero-order valence-corrected chi connectivity index (χ0v) is 6.23. The minimum Gasteiger partial charge on any atom is -0.363 e. The minimum atomic E-state index is 0.250. The summed E-state index contributed by atoms with van der Waals surface area (Å²) in [6, 6.07) is 0. The van der Waals surface area contributed by atoms with Gasteiger partial charge < -0.3 is 4.74 Å². The van der Waals surface area contributed by atoms with Gasteiger partial charge in [0.15, 0.2) is 0 Å². The number of hydrogen-bond donors (Lipinski definition) is 0. The smallest absolute Gasteiger partial charge is 0.125 e. The van der Waals surface area contributed by atoms with E-state index in [9.17, 15) is 0 Å². The summed E-state index contributed by atoms with van der Waals surface area (Å²) >= 11 is 1.70. The highest BCUT2D eigenvalue weighted by atomic mass is 32.2. The lowest BCUT2D eigenvalue weighted by atomic mass is 10.5. The summed E-state index contributed by atoms with van der Waals surface area (Å²) in [7, 11) is 0. The van der Waals surface area contributed by atoms with Crippen molar-refractivity contribution in [1.82, 2.24) is 0 Å². The van der Waals surface area contributed by atoms with Crippen LogP contribution in [0.5, 0.6) is 0 Å². The Morgan fingerprint density at radius 1 is 1.56 bits per heavy atom. The van der Waals surface area contributed by atoms with Gasteiger partial charge in [0.1, 0.15) is 5.44 Å². The Bertz CT molecular complexity index is 129. The van der Waals surface area contributed by atoms with Gasteiger partial charge in [0, 0.05) is 6.61 Å². The molecule has 1 rings (SSSR count). The third-order valence-electron chi connectivity index (χ3n) is 1.00. The van der Waals surface area contributed by atoms with Crippen LogP contribution in [0, 0.1) is 0 Å². The zero-order valence-electron chi connectivity index (χ0n) is 5.41. The summed E-state index contributed by atoms with van der Waals surface area (Å²) < 4.78 is 5.31. The van der Waals surface area contributed by atoms with E-state index in [2.05, 4.69) is 0 Å². The molecule has 0 aromatic carbocycles. The molecule has 0 amide bonds. The second kappa shape index (κ2) is 3.75. The first-order valence-electron chi connectivity index (χ1n) is 3.04. The summed E-state index contributed by atoms with van der Waals surface area (Å²) in [5, 5.41) is 2.04. The maximum absolute atomic E-state index is 5.31. The molecule has 0 aromatic rings. The molecule has 1 heterocycles. The van der Waals surface area contributed by atoms with Gasteiger partial charge in [-0.1, -0.05) is 23.9 Å². The van der Waals surface area contributed by atoms with E-state index >= 15 is 0 Å². The minimum absolute atomic E-state index is 0.250. The third-order valence-corrected chi connectivity index (χ3v) is 1.88. The number of ether oxygens (including phenoxy) is 1. The normalized spacial score (nSPS) is 24.8. The molecule has 1 aliphatic rings. The Morgan fingerprint density at radius 2 is 2.44 bits per heavy atom. The number of rotatable bonds is 2. The van der Waals surface area contributed by atoms with Gasteiger partial charge >= 0.3 is 0 Å². The van der Waals surface area contributed by atoms with E-state index in [-0.39, 0.29) is 5.44 Å². The first kappa shape index (κ1) is 6.90. The number of hydrogen-bond acceptors (Lipinski definition) is 2. The lowest BCUT2D eigenvalue weighted by Gasteiger charge is -2.10. The van der Waals surface area contributed by atoms with Gasteiger partial charge in [-0.05, 0) is 18.4 Å².